The van der Waals surface area contributed by atoms with Gasteiger partial charge in [0.05, 0.1) is 0 Å². The Kier molecular flexibility index (Phi) is 3.12. The molecule has 0 spiro atoms. The highest BCUT2D eigenvalue weighted by Crippen LogP contribution is 2.16. The van der Waals surface area contributed by atoms with Gasteiger partial charge in [0.25, 0.3) is 0 Å². The molecule has 0 saturated heterocycles. The van der Waals surface area contributed by atoms with Gasteiger partial charge in [0.15, 0.2) is 0 Å². The van der Waals surface area contributed by atoms with Crippen LogP contribution >= 0.6 is 0 Å². The standard InChI is InChI=1S/C10H14N/c1-2-9(8-11)10-6-4-3-5-7-10/h3-7,9H,1-2,8,11H2. The van der Waals surface area contributed by atoms with E-state index in [1.807, 2.05) is 18.2 Å². The molecule has 0 amide bonds. The van der Waals surface area contributed by atoms with Crippen molar-refractivity contribution in [3.8, 4) is 0 Å². The smallest absolute Gasteiger partial charge is 0.000824 e. The molecule has 1 heteroatoms. The maximum absolute atomic E-state index is 5.58. The van der Waals surface area contributed by atoms with E-state index in [9.17, 15) is 0 Å². The summed E-state index contributed by atoms with van der Waals surface area (Å²) in [5, 5.41) is 0. The van der Waals surface area contributed by atoms with Crippen LogP contribution in [0.2, 0.25) is 0 Å². The zero-order chi connectivity index (χ0) is 8.10. The Morgan fingerprint density at radius 2 is 1.91 bits per heavy atom. The first kappa shape index (κ1) is 8.28. The molecule has 2 N–H and O–H groups in total. The summed E-state index contributed by atoms with van der Waals surface area (Å²) >= 11 is 0. The fraction of sp³-hybridized carbons (Fsp3) is 0.300. The molecule has 59 valence electrons. The molecule has 1 nitrogen and oxygen atoms in total. The van der Waals surface area contributed by atoms with Crippen molar-refractivity contribution >= 4 is 0 Å². The van der Waals surface area contributed by atoms with Gasteiger partial charge < -0.3 is 5.73 Å². The van der Waals surface area contributed by atoms with Gasteiger partial charge in [-0.3, -0.25) is 0 Å². The van der Waals surface area contributed by atoms with Gasteiger partial charge in [-0.25, -0.2) is 0 Å². The maximum atomic E-state index is 5.58. The van der Waals surface area contributed by atoms with E-state index >= 15 is 0 Å². The van der Waals surface area contributed by atoms with E-state index in [2.05, 4.69) is 19.1 Å². The molecule has 1 atom stereocenters. The molecule has 1 radical (unpaired) electrons. The summed E-state index contributed by atoms with van der Waals surface area (Å²) in [4.78, 5) is 0. The van der Waals surface area contributed by atoms with Gasteiger partial charge >= 0.3 is 0 Å². The zero-order valence-corrected chi connectivity index (χ0v) is 6.66. The Labute approximate surface area is 68.2 Å². The number of hydrogen-bond donors (Lipinski definition) is 1. The van der Waals surface area contributed by atoms with Crippen molar-refractivity contribution in [3.63, 3.8) is 0 Å². The second kappa shape index (κ2) is 4.14. The zero-order valence-electron chi connectivity index (χ0n) is 6.66. The molecule has 1 aromatic carbocycles. The minimum atomic E-state index is 0.427. The van der Waals surface area contributed by atoms with Crippen LogP contribution < -0.4 is 5.73 Å². The van der Waals surface area contributed by atoms with Crippen LogP contribution in [0.15, 0.2) is 30.3 Å². The predicted octanol–water partition coefficient (Wildman–Crippen LogP) is 1.95. The third kappa shape index (κ3) is 2.05. The lowest BCUT2D eigenvalue weighted by Crippen LogP contribution is -2.11. The first-order valence-electron chi connectivity index (χ1n) is 3.92. The van der Waals surface area contributed by atoms with Crippen LogP contribution in [-0.2, 0) is 0 Å². The molecular formula is C10H14N. The SMILES string of the molecule is [CH2]CC(CN)c1ccccc1. The topological polar surface area (TPSA) is 26.0 Å². The summed E-state index contributed by atoms with van der Waals surface area (Å²) < 4.78 is 0. The van der Waals surface area contributed by atoms with Gasteiger partial charge in [-0.1, -0.05) is 37.3 Å². The van der Waals surface area contributed by atoms with Crippen LogP contribution in [-0.4, -0.2) is 6.54 Å². The summed E-state index contributed by atoms with van der Waals surface area (Å²) in [6.07, 6.45) is 0.876. The lowest BCUT2D eigenvalue weighted by molar-refractivity contribution is 0.708. The minimum absolute atomic E-state index is 0.427. The lowest BCUT2D eigenvalue weighted by atomic mass is 9.97. The number of hydrogen-bond acceptors (Lipinski definition) is 1. The summed E-state index contributed by atoms with van der Waals surface area (Å²) in [7, 11) is 0. The average molecular weight is 148 g/mol. The molecule has 0 aliphatic carbocycles. The van der Waals surface area contributed by atoms with Gasteiger partial charge in [-0.05, 0) is 24.4 Å². The van der Waals surface area contributed by atoms with Crippen molar-refractivity contribution in [1.29, 1.82) is 0 Å². The van der Waals surface area contributed by atoms with Crippen molar-refractivity contribution in [1.82, 2.24) is 0 Å². The maximum Gasteiger partial charge on any atom is -0.000824 e. The van der Waals surface area contributed by atoms with Crippen molar-refractivity contribution in [3.05, 3.63) is 42.8 Å². The second-order valence-electron chi connectivity index (χ2n) is 2.63. The normalized spacial score (nSPS) is 12.9. The van der Waals surface area contributed by atoms with E-state index < -0.39 is 0 Å². The summed E-state index contributed by atoms with van der Waals surface area (Å²) in [6.45, 7) is 4.54. The van der Waals surface area contributed by atoms with E-state index in [1.165, 1.54) is 5.56 Å². The molecule has 0 aliphatic rings. The van der Waals surface area contributed by atoms with Crippen LogP contribution in [0.3, 0.4) is 0 Å². The van der Waals surface area contributed by atoms with Crippen molar-refractivity contribution in [2.75, 3.05) is 6.54 Å². The van der Waals surface area contributed by atoms with Crippen molar-refractivity contribution < 1.29 is 0 Å². The third-order valence-electron chi connectivity index (χ3n) is 1.90. The first-order chi connectivity index (χ1) is 5.38. The van der Waals surface area contributed by atoms with Gasteiger partial charge in [-0.15, -0.1) is 0 Å². The van der Waals surface area contributed by atoms with E-state index in [1.54, 1.807) is 0 Å². The summed E-state index contributed by atoms with van der Waals surface area (Å²) in [5.74, 6) is 0.427. The van der Waals surface area contributed by atoms with Gasteiger partial charge in [0.1, 0.15) is 0 Å². The van der Waals surface area contributed by atoms with Crippen molar-refractivity contribution in [2.24, 2.45) is 5.73 Å². The van der Waals surface area contributed by atoms with Crippen LogP contribution in [0.5, 0.6) is 0 Å². The molecule has 0 aliphatic heterocycles. The van der Waals surface area contributed by atoms with Gasteiger partial charge in [0.2, 0.25) is 0 Å². The van der Waals surface area contributed by atoms with E-state index in [4.69, 9.17) is 5.73 Å². The summed E-state index contributed by atoms with van der Waals surface area (Å²) in [6, 6.07) is 10.3. The van der Waals surface area contributed by atoms with E-state index in [0.29, 0.717) is 12.5 Å². The summed E-state index contributed by atoms with van der Waals surface area (Å²) in [5.41, 5.74) is 6.87. The van der Waals surface area contributed by atoms with Gasteiger partial charge in [-0.2, -0.15) is 0 Å². The van der Waals surface area contributed by atoms with E-state index in [-0.39, 0.29) is 0 Å². The number of rotatable bonds is 3. The largest absolute Gasteiger partial charge is 0.330 e. The molecule has 0 aromatic heterocycles. The Bertz CT molecular complexity index is 189. The fourth-order valence-electron chi connectivity index (χ4n) is 1.15. The molecule has 0 bridgehead atoms. The first-order valence-corrected chi connectivity index (χ1v) is 3.92. The molecule has 0 saturated carbocycles. The van der Waals surface area contributed by atoms with Crippen molar-refractivity contribution in [2.45, 2.75) is 12.3 Å². The molecule has 11 heavy (non-hydrogen) atoms. The highest BCUT2D eigenvalue weighted by molar-refractivity contribution is 5.19. The Hall–Kier alpha value is -0.820. The third-order valence-corrected chi connectivity index (χ3v) is 1.90. The Morgan fingerprint density at radius 1 is 1.27 bits per heavy atom. The highest BCUT2D eigenvalue weighted by atomic mass is 14.5. The van der Waals surface area contributed by atoms with E-state index in [0.717, 1.165) is 6.42 Å². The highest BCUT2D eigenvalue weighted by Gasteiger charge is 2.04. The molecule has 1 rings (SSSR count). The average Bonchev–Trinajstić information content (AvgIpc) is 2.09. The Balaban J connectivity index is 2.74. The quantitative estimate of drug-likeness (QED) is 0.696. The van der Waals surface area contributed by atoms with Crippen LogP contribution in [0.25, 0.3) is 0 Å². The molecule has 0 fully saturated rings. The van der Waals surface area contributed by atoms with Gasteiger partial charge in [0, 0.05) is 0 Å². The molecule has 1 unspecified atom stereocenters. The lowest BCUT2D eigenvalue weighted by Gasteiger charge is -2.11. The van der Waals surface area contributed by atoms with Crippen LogP contribution in [0.1, 0.15) is 17.9 Å². The predicted molar refractivity (Wildman–Crippen MR) is 48.2 cm³/mol. The monoisotopic (exact) mass is 148 g/mol. The number of nitrogens with two attached hydrogens (primary N) is 1. The molecular weight excluding hydrogens is 134 g/mol. The van der Waals surface area contributed by atoms with Crippen LogP contribution in [0, 0.1) is 6.92 Å². The molecule has 0 heterocycles. The molecule has 1 aromatic rings. The Morgan fingerprint density at radius 3 is 2.36 bits per heavy atom. The second-order valence-corrected chi connectivity index (χ2v) is 2.63. The van der Waals surface area contributed by atoms with Crippen LogP contribution in [0.4, 0.5) is 0 Å². The fourth-order valence-corrected chi connectivity index (χ4v) is 1.15. The minimum Gasteiger partial charge on any atom is -0.330 e. The number of benzene rings is 1.